The summed E-state index contributed by atoms with van der Waals surface area (Å²) in [6.45, 7) is 10.4. The zero-order valence-electron chi connectivity index (χ0n) is 26.9. The Kier molecular flexibility index (Phi) is 6.69. The average Bonchev–Trinajstić information content (AvgIpc) is 3.60. The molecule has 0 radical (unpaired) electrons. The number of fused-ring (bicyclic) bond motifs is 1. The van der Waals surface area contributed by atoms with Crippen LogP contribution in [0.25, 0.3) is 5.52 Å². The van der Waals surface area contributed by atoms with E-state index in [2.05, 4.69) is 41.6 Å². The molecule has 6 atom stereocenters. The highest BCUT2D eigenvalue weighted by atomic mass is 16.5. The quantitative estimate of drug-likeness (QED) is 0.296. The highest BCUT2D eigenvalue weighted by molar-refractivity contribution is 5.93. The lowest BCUT2D eigenvalue weighted by Gasteiger charge is -2.56. The summed E-state index contributed by atoms with van der Waals surface area (Å²) in [6.07, 6.45) is 8.62. The van der Waals surface area contributed by atoms with Crippen LogP contribution in [0, 0.1) is 12.8 Å². The normalized spacial score (nSPS) is 29.6. The van der Waals surface area contributed by atoms with E-state index in [1.165, 1.54) is 11.1 Å². The van der Waals surface area contributed by atoms with E-state index in [1.807, 2.05) is 39.0 Å². The number of nitrogens with zero attached hydrogens (tertiary/aromatic N) is 2. The lowest BCUT2D eigenvalue weighted by atomic mass is 9.52. The Bertz CT molecular complexity index is 1730. The summed E-state index contributed by atoms with van der Waals surface area (Å²) in [5.41, 5.74) is 7.70. The maximum absolute atomic E-state index is 13.5. The number of aliphatic hydroxyl groups is 1. The first kappa shape index (κ1) is 29.1. The van der Waals surface area contributed by atoms with Gasteiger partial charge in [0, 0.05) is 59.5 Å². The van der Waals surface area contributed by atoms with E-state index in [-0.39, 0.29) is 41.1 Å². The van der Waals surface area contributed by atoms with E-state index >= 15 is 0 Å². The molecule has 2 bridgehead atoms. The number of carbonyl (C=O) groups excluding carboxylic acids is 1. The van der Waals surface area contributed by atoms with Gasteiger partial charge in [-0.05, 0) is 106 Å². The number of hydrogen-bond donors (Lipinski definition) is 2. The van der Waals surface area contributed by atoms with Gasteiger partial charge in [0.25, 0.3) is 0 Å². The average molecular weight is 613 g/mol. The highest BCUT2D eigenvalue weighted by Crippen LogP contribution is 2.63. The van der Waals surface area contributed by atoms with Gasteiger partial charge in [-0.15, -0.1) is 0 Å². The Balaban J connectivity index is 1.33. The van der Waals surface area contributed by atoms with Gasteiger partial charge in [0.2, 0.25) is 0 Å². The van der Waals surface area contributed by atoms with E-state index in [1.54, 1.807) is 0 Å². The Morgan fingerprint density at radius 3 is 2.67 bits per heavy atom. The van der Waals surface area contributed by atoms with Gasteiger partial charge < -0.3 is 33.7 Å². The Hall–Kier alpha value is -3.33. The zero-order valence-corrected chi connectivity index (χ0v) is 26.9. The molecule has 1 aromatic carbocycles. The first-order valence-corrected chi connectivity index (χ1v) is 16.7. The van der Waals surface area contributed by atoms with Crippen LogP contribution < -0.4 is 4.74 Å². The van der Waals surface area contributed by atoms with Crippen LogP contribution in [-0.2, 0) is 21.3 Å². The molecule has 0 amide bonds. The summed E-state index contributed by atoms with van der Waals surface area (Å²) in [5.74, 6) is 0.814. The number of likely N-dealkylation sites (tertiary alicyclic amines) is 1. The van der Waals surface area contributed by atoms with Gasteiger partial charge in [-0.2, -0.15) is 0 Å². The molecular formula is C37H44N2O6. The number of carbonyl (C=O) groups is 1. The fourth-order valence-electron chi connectivity index (χ4n) is 9.56. The van der Waals surface area contributed by atoms with E-state index in [0.29, 0.717) is 17.2 Å². The van der Waals surface area contributed by atoms with Gasteiger partial charge in [0.05, 0.1) is 11.7 Å². The standard InChI is InChI=1S/C37H44N2O6/c1-19(2)44-36(42)26-15-24-14-23(22-8-12-43-13-9-22)18-39(24)33(21(26)4)20(3)25-17-31(41)34-32-27(25)16-29-28-6-7-30(40)35(45-34)37(28,32)10-11-38(29)5/h6-7,14-15,17-20,22,28-30,35,40-41H,8-13,16H2,1-5H3/t20?,28-,29+,30-,35-,37-/m0/s1. The molecule has 8 nitrogen and oxygen atoms in total. The molecule has 0 saturated carbocycles. The molecule has 2 N–H and O–H groups in total. The number of rotatable bonds is 5. The summed E-state index contributed by atoms with van der Waals surface area (Å²) in [6, 6.07) is 6.35. The molecule has 5 heterocycles. The van der Waals surface area contributed by atoms with Gasteiger partial charge in [0.1, 0.15) is 12.2 Å². The van der Waals surface area contributed by atoms with Crippen LogP contribution in [0.3, 0.4) is 0 Å². The number of phenolic OH excluding ortho intramolecular Hbond substituents is 1. The second kappa shape index (κ2) is 10.3. The van der Waals surface area contributed by atoms with E-state index < -0.39 is 12.2 Å². The Labute approximate surface area is 264 Å². The number of aromatic nitrogens is 1. The van der Waals surface area contributed by atoms with Crippen molar-refractivity contribution in [2.45, 2.75) is 95.0 Å². The van der Waals surface area contributed by atoms with Crippen molar-refractivity contribution in [2.75, 3.05) is 26.8 Å². The Morgan fingerprint density at radius 1 is 1.13 bits per heavy atom. The van der Waals surface area contributed by atoms with Crippen molar-refractivity contribution in [1.29, 1.82) is 0 Å². The van der Waals surface area contributed by atoms with Crippen LogP contribution in [-0.4, -0.2) is 76.6 Å². The molecule has 8 rings (SSSR count). The number of esters is 1. The van der Waals surface area contributed by atoms with E-state index in [4.69, 9.17) is 14.2 Å². The lowest BCUT2D eigenvalue weighted by molar-refractivity contribution is -0.0454. The summed E-state index contributed by atoms with van der Waals surface area (Å²) in [4.78, 5) is 15.9. The van der Waals surface area contributed by atoms with Crippen molar-refractivity contribution < 1.29 is 29.2 Å². The summed E-state index contributed by atoms with van der Waals surface area (Å²) >= 11 is 0. The third-order valence-electron chi connectivity index (χ3n) is 11.7. The third-order valence-corrected chi connectivity index (χ3v) is 11.7. The van der Waals surface area contributed by atoms with Crippen LogP contribution in [0.2, 0.25) is 0 Å². The summed E-state index contributed by atoms with van der Waals surface area (Å²) in [7, 11) is 2.20. The molecule has 2 fully saturated rings. The van der Waals surface area contributed by atoms with Crippen molar-refractivity contribution in [3.8, 4) is 11.5 Å². The monoisotopic (exact) mass is 612 g/mol. The third kappa shape index (κ3) is 4.11. The molecular weight excluding hydrogens is 568 g/mol. The molecule has 1 spiro atoms. The lowest BCUT2D eigenvalue weighted by Crippen LogP contribution is -2.64. The minimum absolute atomic E-state index is 0.127. The van der Waals surface area contributed by atoms with Gasteiger partial charge in [-0.25, -0.2) is 4.79 Å². The number of hydrogen-bond acceptors (Lipinski definition) is 7. The molecule has 8 heteroatoms. The molecule has 3 aliphatic heterocycles. The summed E-state index contributed by atoms with van der Waals surface area (Å²) in [5, 5.41) is 22.7. The molecule has 1 unspecified atom stereocenters. The maximum Gasteiger partial charge on any atom is 0.338 e. The SMILES string of the molecule is Cc1c(C(=O)OC(C)C)cc2cc(C3CCOCC3)cn2c1C(C)c1cc(O)c2c3c1C[C@@H]1[C@@H]4C=C[C@H](O)[C@H](O2)[C@]34CCN1C. The number of aromatic hydroxyl groups is 1. The first-order valence-electron chi connectivity index (χ1n) is 16.7. The minimum Gasteiger partial charge on any atom is -0.504 e. The van der Waals surface area contributed by atoms with Crippen LogP contribution in [0.4, 0.5) is 0 Å². The maximum atomic E-state index is 13.5. The zero-order chi connectivity index (χ0) is 31.4. The largest absolute Gasteiger partial charge is 0.504 e. The van der Waals surface area contributed by atoms with Crippen molar-refractivity contribution in [2.24, 2.45) is 5.92 Å². The fourth-order valence-corrected chi connectivity index (χ4v) is 9.56. The first-order chi connectivity index (χ1) is 21.6. The minimum atomic E-state index is -0.724. The predicted octanol–water partition coefficient (Wildman–Crippen LogP) is 5.37. The molecule has 3 aromatic rings. The number of pyridine rings is 1. The number of aliphatic hydroxyl groups excluding tert-OH is 1. The van der Waals surface area contributed by atoms with Gasteiger partial charge in [-0.3, -0.25) is 0 Å². The molecule has 2 aliphatic carbocycles. The van der Waals surface area contributed by atoms with Gasteiger partial charge in [0.15, 0.2) is 11.5 Å². The number of piperidine rings is 1. The van der Waals surface area contributed by atoms with Crippen molar-refractivity contribution in [1.82, 2.24) is 9.30 Å². The number of phenols is 1. The Morgan fingerprint density at radius 2 is 1.91 bits per heavy atom. The fraction of sp³-hybridized carbons (Fsp3) is 0.541. The molecule has 2 saturated heterocycles. The van der Waals surface area contributed by atoms with Crippen molar-refractivity contribution >= 4 is 11.5 Å². The molecule has 5 aliphatic rings. The predicted molar refractivity (Wildman–Crippen MR) is 171 cm³/mol. The topological polar surface area (TPSA) is 92.9 Å². The van der Waals surface area contributed by atoms with Crippen LogP contribution in [0.15, 0.2) is 36.5 Å². The van der Waals surface area contributed by atoms with Crippen LogP contribution >= 0.6 is 0 Å². The summed E-state index contributed by atoms with van der Waals surface area (Å²) < 4.78 is 20.2. The van der Waals surface area contributed by atoms with E-state index in [0.717, 1.165) is 73.3 Å². The smallest absolute Gasteiger partial charge is 0.338 e. The molecule has 2 aromatic heterocycles. The van der Waals surface area contributed by atoms with Crippen LogP contribution in [0.1, 0.15) is 95.7 Å². The molecule has 45 heavy (non-hydrogen) atoms. The number of benzene rings is 1. The second-order valence-electron chi connectivity index (χ2n) is 14.3. The number of likely N-dealkylation sites (N-methyl/N-ethyl adjacent to an activating group) is 1. The molecule has 238 valence electrons. The van der Waals surface area contributed by atoms with Crippen molar-refractivity contribution in [3.63, 3.8) is 0 Å². The number of ether oxygens (including phenoxy) is 3. The van der Waals surface area contributed by atoms with Gasteiger partial charge >= 0.3 is 5.97 Å². The second-order valence-corrected chi connectivity index (χ2v) is 14.3. The van der Waals surface area contributed by atoms with E-state index in [9.17, 15) is 15.0 Å². The van der Waals surface area contributed by atoms with Crippen molar-refractivity contribution in [3.05, 3.63) is 75.6 Å². The van der Waals surface area contributed by atoms with Crippen LogP contribution in [0.5, 0.6) is 11.5 Å². The highest BCUT2D eigenvalue weighted by Gasteiger charge is 2.64. The van der Waals surface area contributed by atoms with Gasteiger partial charge in [-0.1, -0.05) is 19.1 Å².